The molecule has 0 aromatic heterocycles. The SMILES string of the molecule is C[C@H]1[C@@H](NC(=O)OC(C)(C)C)C[C@@]1(C)O. The Morgan fingerprint density at radius 2 is 2.07 bits per heavy atom. The number of nitrogens with one attached hydrogen (secondary N) is 1. The second kappa shape index (κ2) is 3.67. The van der Waals surface area contributed by atoms with Crippen molar-refractivity contribution in [2.45, 2.75) is 58.3 Å². The summed E-state index contributed by atoms with van der Waals surface area (Å²) in [5.74, 6) is 0.0741. The van der Waals surface area contributed by atoms with Crippen molar-refractivity contribution in [2.24, 2.45) is 5.92 Å². The molecule has 1 aliphatic rings. The molecule has 0 radical (unpaired) electrons. The summed E-state index contributed by atoms with van der Waals surface area (Å²) < 4.78 is 5.13. The van der Waals surface area contributed by atoms with Crippen molar-refractivity contribution < 1.29 is 14.6 Å². The summed E-state index contributed by atoms with van der Waals surface area (Å²) in [4.78, 5) is 11.4. The van der Waals surface area contributed by atoms with Gasteiger partial charge in [0.25, 0.3) is 0 Å². The summed E-state index contributed by atoms with van der Waals surface area (Å²) >= 11 is 0. The number of amides is 1. The molecule has 1 amide bonds. The number of hydrogen-bond acceptors (Lipinski definition) is 3. The van der Waals surface area contributed by atoms with Gasteiger partial charge in [0.1, 0.15) is 5.60 Å². The highest BCUT2D eigenvalue weighted by atomic mass is 16.6. The maximum absolute atomic E-state index is 11.4. The number of alkyl carbamates (subject to hydrolysis) is 1. The first-order chi connectivity index (χ1) is 6.62. The van der Waals surface area contributed by atoms with Crippen molar-refractivity contribution in [3.8, 4) is 0 Å². The first-order valence-corrected chi connectivity index (χ1v) is 5.34. The summed E-state index contributed by atoms with van der Waals surface area (Å²) in [7, 11) is 0. The zero-order chi connectivity index (χ0) is 11.9. The quantitative estimate of drug-likeness (QED) is 0.699. The summed E-state index contributed by atoms with van der Waals surface area (Å²) in [6, 6.07) is 0.0230. The van der Waals surface area contributed by atoms with E-state index in [0.717, 1.165) is 0 Å². The molecule has 2 N–H and O–H groups in total. The van der Waals surface area contributed by atoms with Crippen LogP contribution in [0.2, 0.25) is 0 Å². The van der Waals surface area contributed by atoms with Gasteiger partial charge in [-0.3, -0.25) is 0 Å². The number of carbonyl (C=O) groups is 1. The lowest BCUT2D eigenvalue weighted by atomic mass is 9.67. The topological polar surface area (TPSA) is 58.6 Å². The number of carbonyl (C=O) groups excluding carboxylic acids is 1. The Bertz CT molecular complexity index is 255. The van der Waals surface area contributed by atoms with Gasteiger partial charge in [-0.25, -0.2) is 4.79 Å². The van der Waals surface area contributed by atoms with Crippen LogP contribution in [0.1, 0.15) is 41.0 Å². The number of ether oxygens (including phenoxy) is 1. The molecule has 1 aliphatic carbocycles. The van der Waals surface area contributed by atoms with Gasteiger partial charge in [-0.1, -0.05) is 6.92 Å². The van der Waals surface area contributed by atoms with Gasteiger partial charge in [0.05, 0.1) is 5.60 Å². The van der Waals surface area contributed by atoms with Crippen LogP contribution >= 0.6 is 0 Å². The molecule has 0 aromatic carbocycles. The molecule has 1 saturated carbocycles. The van der Waals surface area contributed by atoms with Crippen molar-refractivity contribution in [1.29, 1.82) is 0 Å². The van der Waals surface area contributed by atoms with E-state index in [-0.39, 0.29) is 12.0 Å². The lowest BCUT2D eigenvalue weighted by molar-refractivity contribution is -0.0946. The minimum atomic E-state index is -0.653. The highest BCUT2D eigenvalue weighted by Gasteiger charge is 2.47. The second-order valence-corrected chi connectivity index (χ2v) is 5.60. The van der Waals surface area contributed by atoms with Gasteiger partial charge in [-0.05, 0) is 34.1 Å². The standard InChI is InChI=1S/C11H21NO3/c1-7-8(6-11(7,5)14)12-9(13)15-10(2,3)4/h7-8,14H,6H2,1-5H3,(H,12,13)/t7-,8-,11+/m0/s1. The minimum absolute atomic E-state index is 0.0230. The number of hydrogen-bond donors (Lipinski definition) is 2. The van der Waals surface area contributed by atoms with Gasteiger partial charge in [-0.2, -0.15) is 0 Å². The first-order valence-electron chi connectivity index (χ1n) is 5.34. The third-order valence-corrected chi connectivity index (χ3v) is 2.92. The predicted octanol–water partition coefficient (Wildman–Crippen LogP) is 1.67. The van der Waals surface area contributed by atoms with Gasteiger partial charge < -0.3 is 15.2 Å². The molecule has 88 valence electrons. The maximum atomic E-state index is 11.4. The van der Waals surface area contributed by atoms with E-state index in [9.17, 15) is 9.90 Å². The molecule has 4 heteroatoms. The van der Waals surface area contributed by atoms with E-state index in [1.807, 2.05) is 27.7 Å². The molecular formula is C11H21NO3. The van der Waals surface area contributed by atoms with Crippen LogP contribution in [0.4, 0.5) is 4.79 Å². The monoisotopic (exact) mass is 215 g/mol. The summed E-state index contributed by atoms with van der Waals surface area (Å²) in [5, 5.41) is 12.5. The summed E-state index contributed by atoms with van der Waals surface area (Å²) in [6.07, 6.45) is 0.183. The van der Waals surface area contributed by atoms with E-state index < -0.39 is 17.3 Å². The molecular weight excluding hydrogens is 194 g/mol. The van der Waals surface area contributed by atoms with Crippen molar-refractivity contribution >= 4 is 6.09 Å². The molecule has 0 unspecified atom stereocenters. The average molecular weight is 215 g/mol. The molecule has 0 aliphatic heterocycles. The third-order valence-electron chi connectivity index (χ3n) is 2.92. The van der Waals surface area contributed by atoms with Gasteiger partial charge in [0.15, 0.2) is 0 Å². The molecule has 4 nitrogen and oxygen atoms in total. The fourth-order valence-electron chi connectivity index (χ4n) is 1.72. The van der Waals surface area contributed by atoms with Crippen LogP contribution in [0.5, 0.6) is 0 Å². The Hall–Kier alpha value is -0.770. The largest absolute Gasteiger partial charge is 0.444 e. The third kappa shape index (κ3) is 3.09. The van der Waals surface area contributed by atoms with E-state index in [2.05, 4.69) is 5.32 Å². The zero-order valence-electron chi connectivity index (χ0n) is 10.1. The molecule has 0 spiro atoms. The highest BCUT2D eigenvalue weighted by molar-refractivity contribution is 5.68. The summed E-state index contributed by atoms with van der Waals surface area (Å²) in [6.45, 7) is 9.18. The Kier molecular flexibility index (Phi) is 3.01. The van der Waals surface area contributed by atoms with E-state index in [0.29, 0.717) is 6.42 Å². The van der Waals surface area contributed by atoms with Crippen molar-refractivity contribution in [1.82, 2.24) is 5.32 Å². The van der Waals surface area contributed by atoms with Crippen LogP contribution in [0.3, 0.4) is 0 Å². The summed E-state index contributed by atoms with van der Waals surface area (Å²) in [5.41, 5.74) is -1.13. The van der Waals surface area contributed by atoms with Crippen molar-refractivity contribution in [3.63, 3.8) is 0 Å². The molecule has 0 bridgehead atoms. The average Bonchev–Trinajstić information content (AvgIpc) is 1.99. The minimum Gasteiger partial charge on any atom is -0.444 e. The Morgan fingerprint density at radius 1 is 1.53 bits per heavy atom. The van der Waals surface area contributed by atoms with Gasteiger partial charge >= 0.3 is 6.09 Å². The number of aliphatic hydroxyl groups is 1. The van der Waals surface area contributed by atoms with Crippen LogP contribution < -0.4 is 5.32 Å². The molecule has 0 saturated heterocycles. The van der Waals surface area contributed by atoms with Crippen LogP contribution in [0.15, 0.2) is 0 Å². The zero-order valence-corrected chi connectivity index (χ0v) is 10.1. The Morgan fingerprint density at radius 3 is 2.40 bits per heavy atom. The maximum Gasteiger partial charge on any atom is 0.407 e. The lowest BCUT2D eigenvalue weighted by Crippen LogP contribution is -2.61. The fourth-order valence-corrected chi connectivity index (χ4v) is 1.72. The highest BCUT2D eigenvalue weighted by Crippen LogP contribution is 2.37. The molecule has 1 fully saturated rings. The molecule has 0 heterocycles. The van der Waals surface area contributed by atoms with Gasteiger partial charge in [-0.15, -0.1) is 0 Å². The lowest BCUT2D eigenvalue weighted by Gasteiger charge is -2.48. The molecule has 15 heavy (non-hydrogen) atoms. The molecule has 0 aromatic rings. The molecule has 3 atom stereocenters. The fraction of sp³-hybridized carbons (Fsp3) is 0.909. The Balaban J connectivity index is 2.36. The number of rotatable bonds is 1. The van der Waals surface area contributed by atoms with Gasteiger partial charge in [0.2, 0.25) is 0 Å². The van der Waals surface area contributed by atoms with E-state index >= 15 is 0 Å². The second-order valence-electron chi connectivity index (χ2n) is 5.60. The van der Waals surface area contributed by atoms with E-state index in [1.165, 1.54) is 0 Å². The van der Waals surface area contributed by atoms with Crippen LogP contribution in [-0.2, 0) is 4.74 Å². The first kappa shape index (κ1) is 12.3. The predicted molar refractivity (Wildman–Crippen MR) is 57.6 cm³/mol. The van der Waals surface area contributed by atoms with Crippen LogP contribution in [0.25, 0.3) is 0 Å². The van der Waals surface area contributed by atoms with Crippen LogP contribution in [-0.4, -0.2) is 28.4 Å². The smallest absolute Gasteiger partial charge is 0.407 e. The Labute approximate surface area is 91.0 Å². The van der Waals surface area contributed by atoms with Crippen molar-refractivity contribution in [2.75, 3.05) is 0 Å². The normalized spacial score (nSPS) is 35.6. The molecule has 1 rings (SSSR count). The van der Waals surface area contributed by atoms with Crippen molar-refractivity contribution in [3.05, 3.63) is 0 Å². The van der Waals surface area contributed by atoms with Crippen LogP contribution in [0, 0.1) is 5.92 Å². The van der Waals surface area contributed by atoms with E-state index in [1.54, 1.807) is 6.92 Å². The van der Waals surface area contributed by atoms with Gasteiger partial charge in [0, 0.05) is 12.0 Å². The van der Waals surface area contributed by atoms with E-state index in [4.69, 9.17) is 4.74 Å².